The van der Waals surface area contributed by atoms with Crippen LogP contribution in [-0.2, 0) is 27.4 Å². The smallest absolute Gasteiger partial charge is 0.344 e. The van der Waals surface area contributed by atoms with Gasteiger partial charge in [-0.3, -0.25) is 14.5 Å². The van der Waals surface area contributed by atoms with Gasteiger partial charge in [0.25, 0.3) is 5.91 Å². The van der Waals surface area contributed by atoms with Gasteiger partial charge >= 0.3 is 5.97 Å². The summed E-state index contributed by atoms with van der Waals surface area (Å²) in [5, 5.41) is 8.36. The average molecular weight is 591 g/mol. The van der Waals surface area contributed by atoms with Crippen LogP contribution in [0.1, 0.15) is 28.7 Å². The number of hydrogen-bond acceptors (Lipinski definition) is 9. The van der Waals surface area contributed by atoms with Crippen molar-refractivity contribution < 1.29 is 33.0 Å². The van der Waals surface area contributed by atoms with Gasteiger partial charge in [0.1, 0.15) is 18.0 Å². The van der Waals surface area contributed by atoms with Crippen LogP contribution in [0.3, 0.4) is 0 Å². The van der Waals surface area contributed by atoms with Crippen LogP contribution < -0.4 is 14.4 Å². The number of fused-ring (bicyclic) bond motifs is 1. The van der Waals surface area contributed by atoms with E-state index >= 15 is 0 Å². The summed E-state index contributed by atoms with van der Waals surface area (Å²) in [6.45, 7) is 1.71. The van der Waals surface area contributed by atoms with Crippen molar-refractivity contribution in [2.75, 3.05) is 31.8 Å². The molecule has 0 fully saturated rings. The third kappa shape index (κ3) is 6.36. The molecule has 2 heterocycles. The highest BCUT2D eigenvalue weighted by Gasteiger charge is 2.31. The zero-order valence-electron chi connectivity index (χ0n) is 22.9. The van der Waals surface area contributed by atoms with E-state index in [0.29, 0.717) is 28.6 Å². The SMILES string of the molecule is CCOC(=O)COc1ccc(C(=O)N2CC(=O)N(Cc3nnc(-c4ccc(OC)cc4)o3)Cc3ccccc32)c(Cl)c1. The molecule has 0 radical (unpaired) electrons. The lowest BCUT2D eigenvalue weighted by atomic mass is 10.1. The van der Waals surface area contributed by atoms with Crippen LogP contribution in [0.2, 0.25) is 5.02 Å². The molecule has 216 valence electrons. The predicted octanol–water partition coefficient (Wildman–Crippen LogP) is 4.53. The van der Waals surface area contributed by atoms with Gasteiger partial charge in [0.15, 0.2) is 6.61 Å². The van der Waals surface area contributed by atoms with Crippen molar-refractivity contribution in [1.82, 2.24) is 15.1 Å². The maximum atomic E-state index is 13.7. The summed E-state index contributed by atoms with van der Waals surface area (Å²) in [5.74, 6) is 0.288. The van der Waals surface area contributed by atoms with E-state index in [1.165, 1.54) is 23.1 Å². The normalized spacial score (nSPS) is 12.9. The molecule has 1 aromatic heterocycles. The molecule has 0 N–H and O–H groups in total. The first kappa shape index (κ1) is 28.6. The van der Waals surface area contributed by atoms with Gasteiger partial charge in [-0.15, -0.1) is 10.2 Å². The lowest BCUT2D eigenvalue weighted by Crippen LogP contribution is -2.40. The van der Waals surface area contributed by atoms with E-state index in [4.69, 9.17) is 30.2 Å². The molecule has 1 aliphatic rings. The van der Waals surface area contributed by atoms with E-state index in [-0.39, 0.29) is 55.2 Å². The summed E-state index contributed by atoms with van der Waals surface area (Å²) >= 11 is 6.46. The Morgan fingerprint density at radius 1 is 1.00 bits per heavy atom. The number of ether oxygens (including phenoxy) is 3. The molecular formula is C30H27ClN4O7. The fourth-order valence-corrected chi connectivity index (χ4v) is 4.68. The van der Waals surface area contributed by atoms with Crippen molar-refractivity contribution in [3.63, 3.8) is 0 Å². The van der Waals surface area contributed by atoms with Gasteiger partial charge in [-0.25, -0.2) is 4.79 Å². The number of methoxy groups -OCH3 is 1. The van der Waals surface area contributed by atoms with E-state index in [1.54, 1.807) is 55.3 Å². The van der Waals surface area contributed by atoms with E-state index in [9.17, 15) is 14.4 Å². The fraction of sp³-hybridized carbons (Fsp3) is 0.233. The first-order valence-electron chi connectivity index (χ1n) is 13.1. The first-order chi connectivity index (χ1) is 20.4. The van der Waals surface area contributed by atoms with Gasteiger partial charge in [0.05, 0.1) is 30.8 Å². The van der Waals surface area contributed by atoms with Crippen LogP contribution in [0.25, 0.3) is 11.5 Å². The number of amides is 2. The van der Waals surface area contributed by atoms with Gasteiger partial charge in [0, 0.05) is 17.8 Å². The quantitative estimate of drug-likeness (QED) is 0.259. The second kappa shape index (κ2) is 12.7. The molecule has 11 nitrogen and oxygen atoms in total. The molecule has 42 heavy (non-hydrogen) atoms. The topological polar surface area (TPSA) is 124 Å². The highest BCUT2D eigenvalue weighted by atomic mass is 35.5. The van der Waals surface area contributed by atoms with Crippen molar-refractivity contribution in [1.29, 1.82) is 0 Å². The monoisotopic (exact) mass is 590 g/mol. The second-order valence-electron chi connectivity index (χ2n) is 9.23. The highest BCUT2D eigenvalue weighted by Crippen LogP contribution is 2.31. The lowest BCUT2D eigenvalue weighted by molar-refractivity contribution is -0.145. The summed E-state index contributed by atoms with van der Waals surface area (Å²) < 4.78 is 21.3. The Hall–Kier alpha value is -4.90. The molecule has 0 aliphatic carbocycles. The van der Waals surface area contributed by atoms with Crippen LogP contribution in [0, 0.1) is 0 Å². The number of halogens is 1. The summed E-state index contributed by atoms with van der Waals surface area (Å²) in [6, 6.07) is 18.9. The minimum absolute atomic E-state index is 0.0611. The molecule has 2 amide bonds. The van der Waals surface area contributed by atoms with Crippen LogP contribution >= 0.6 is 11.6 Å². The molecule has 0 saturated carbocycles. The number of benzene rings is 3. The Morgan fingerprint density at radius 3 is 2.50 bits per heavy atom. The van der Waals surface area contributed by atoms with E-state index in [2.05, 4.69) is 10.2 Å². The van der Waals surface area contributed by atoms with Crippen LogP contribution in [0.4, 0.5) is 5.69 Å². The highest BCUT2D eigenvalue weighted by molar-refractivity contribution is 6.34. The largest absolute Gasteiger partial charge is 0.497 e. The minimum Gasteiger partial charge on any atom is -0.497 e. The van der Waals surface area contributed by atoms with Crippen molar-refractivity contribution in [2.24, 2.45) is 0 Å². The molecule has 3 aromatic carbocycles. The third-order valence-corrected chi connectivity index (χ3v) is 6.81. The van der Waals surface area contributed by atoms with Crippen molar-refractivity contribution in [3.05, 3.63) is 88.8 Å². The Labute approximate surface area is 246 Å². The number of hydrogen-bond donors (Lipinski definition) is 0. The molecule has 5 rings (SSSR count). The summed E-state index contributed by atoms with van der Waals surface area (Å²) in [7, 11) is 1.58. The molecule has 0 unspecified atom stereocenters. The summed E-state index contributed by atoms with van der Waals surface area (Å²) in [5.41, 5.74) is 2.24. The molecule has 0 saturated heterocycles. The van der Waals surface area contributed by atoms with Gasteiger partial charge in [-0.05, 0) is 61.0 Å². The number of carbonyl (C=O) groups excluding carboxylic acids is 3. The second-order valence-corrected chi connectivity index (χ2v) is 9.64. The number of anilines is 1. The number of carbonyl (C=O) groups is 3. The van der Waals surface area contributed by atoms with Gasteiger partial charge in [-0.2, -0.15) is 0 Å². The van der Waals surface area contributed by atoms with E-state index < -0.39 is 11.9 Å². The number of para-hydroxylation sites is 1. The zero-order valence-corrected chi connectivity index (χ0v) is 23.7. The van der Waals surface area contributed by atoms with Crippen LogP contribution in [0.5, 0.6) is 11.5 Å². The van der Waals surface area contributed by atoms with E-state index in [0.717, 1.165) is 5.56 Å². The Bertz CT molecular complexity index is 1610. The standard InChI is InChI=1S/C30H27ClN4O7/c1-3-40-28(37)18-41-22-12-13-23(24(31)14-22)30(38)35-17-27(36)34(15-20-6-4-5-7-25(20)35)16-26-32-33-29(42-26)19-8-10-21(39-2)11-9-19/h4-14H,3,15-18H2,1-2H3. The molecule has 0 spiro atoms. The lowest BCUT2D eigenvalue weighted by Gasteiger charge is -2.23. The van der Waals surface area contributed by atoms with Crippen molar-refractivity contribution in [2.45, 2.75) is 20.0 Å². The summed E-state index contributed by atoms with van der Waals surface area (Å²) in [6.07, 6.45) is 0. The van der Waals surface area contributed by atoms with Gasteiger partial charge in [0.2, 0.25) is 17.7 Å². The molecule has 12 heteroatoms. The fourth-order valence-electron chi connectivity index (χ4n) is 4.43. The summed E-state index contributed by atoms with van der Waals surface area (Å²) in [4.78, 5) is 41.7. The van der Waals surface area contributed by atoms with Crippen molar-refractivity contribution in [3.8, 4) is 23.0 Å². The first-order valence-corrected chi connectivity index (χ1v) is 13.5. The molecule has 0 bridgehead atoms. The van der Waals surface area contributed by atoms with E-state index in [1.807, 2.05) is 12.1 Å². The van der Waals surface area contributed by atoms with Crippen LogP contribution in [-0.4, -0.2) is 59.7 Å². The number of esters is 1. The molecular weight excluding hydrogens is 564 g/mol. The third-order valence-electron chi connectivity index (χ3n) is 6.50. The van der Waals surface area contributed by atoms with Gasteiger partial charge < -0.3 is 23.5 Å². The maximum Gasteiger partial charge on any atom is 0.344 e. The Morgan fingerprint density at radius 2 is 1.76 bits per heavy atom. The number of aromatic nitrogens is 2. The predicted molar refractivity (Wildman–Crippen MR) is 152 cm³/mol. The van der Waals surface area contributed by atoms with Crippen molar-refractivity contribution >= 4 is 35.1 Å². The average Bonchev–Trinajstić information content (AvgIpc) is 3.42. The Balaban J connectivity index is 1.33. The molecule has 4 aromatic rings. The number of nitrogens with zero attached hydrogens (tertiary/aromatic N) is 4. The zero-order chi connectivity index (χ0) is 29.6. The van der Waals surface area contributed by atoms with Crippen LogP contribution in [0.15, 0.2) is 71.1 Å². The minimum atomic E-state index is -0.518. The Kier molecular flexibility index (Phi) is 8.68. The maximum absolute atomic E-state index is 13.7. The van der Waals surface area contributed by atoms with Gasteiger partial charge in [-0.1, -0.05) is 29.8 Å². The molecule has 0 atom stereocenters. The number of rotatable bonds is 9. The molecule has 1 aliphatic heterocycles.